The highest BCUT2D eigenvalue weighted by molar-refractivity contribution is 5.96. The van der Waals surface area contributed by atoms with Crippen LogP contribution in [-0.2, 0) is 13.1 Å². The van der Waals surface area contributed by atoms with Gasteiger partial charge in [0.1, 0.15) is 23.8 Å². The van der Waals surface area contributed by atoms with Crippen molar-refractivity contribution in [1.82, 2.24) is 4.90 Å². The van der Waals surface area contributed by atoms with Crippen LogP contribution in [0.1, 0.15) is 16.7 Å². The Morgan fingerprint density at radius 3 is 2.55 bits per heavy atom. The van der Waals surface area contributed by atoms with Crippen molar-refractivity contribution in [2.24, 2.45) is 0 Å². The lowest BCUT2D eigenvalue weighted by Crippen LogP contribution is -2.31. The average molecular weight is 413 g/mol. The third-order valence-corrected chi connectivity index (χ3v) is 5.73. The van der Waals surface area contributed by atoms with Crippen LogP contribution < -0.4 is 15.1 Å². The van der Waals surface area contributed by atoms with Gasteiger partial charge < -0.3 is 13.9 Å². The third kappa shape index (κ3) is 3.68. The normalized spacial score (nSPS) is 13.6. The van der Waals surface area contributed by atoms with Gasteiger partial charge >= 0.3 is 5.63 Å². The Labute approximate surface area is 180 Å². The van der Waals surface area contributed by atoms with Gasteiger partial charge in [-0.2, -0.15) is 0 Å². The fraction of sp³-hybridized carbons (Fsp3) is 0.192. The molecule has 2 heterocycles. The van der Waals surface area contributed by atoms with Crippen LogP contribution in [0.5, 0.6) is 11.5 Å². The van der Waals surface area contributed by atoms with Gasteiger partial charge in [-0.3, -0.25) is 4.90 Å². The van der Waals surface area contributed by atoms with Crippen LogP contribution >= 0.6 is 0 Å². The summed E-state index contributed by atoms with van der Waals surface area (Å²) in [5, 5.41) is 0.928. The zero-order valence-electron chi connectivity index (χ0n) is 17.6. The summed E-state index contributed by atoms with van der Waals surface area (Å²) in [5.74, 6) is 1.66. The van der Waals surface area contributed by atoms with Gasteiger partial charge in [0.15, 0.2) is 0 Å². The molecule has 5 rings (SSSR count). The summed E-state index contributed by atoms with van der Waals surface area (Å²) in [7, 11) is 1.67. The summed E-state index contributed by atoms with van der Waals surface area (Å²) in [5.41, 5.74) is 5.26. The number of methoxy groups -OCH3 is 1. The molecule has 1 aliphatic heterocycles. The lowest BCUT2D eigenvalue weighted by atomic mass is 9.97. The maximum atomic E-state index is 12.3. The first-order valence-electron chi connectivity index (χ1n) is 10.3. The van der Waals surface area contributed by atoms with Crippen LogP contribution in [0.15, 0.2) is 75.9 Å². The standard InChI is InChI=1S/C26H23NO4/c1-17-25-20(15-27(16-30-25)14-18-8-10-21(29-2)11-9-18)12-23-22(13-24(28)31-26(17)23)19-6-4-3-5-7-19/h3-13H,14-16H2,1-2H3. The van der Waals surface area contributed by atoms with E-state index in [4.69, 9.17) is 13.9 Å². The summed E-state index contributed by atoms with van der Waals surface area (Å²) in [6, 6.07) is 21.7. The second-order valence-corrected chi connectivity index (χ2v) is 7.82. The zero-order valence-corrected chi connectivity index (χ0v) is 17.6. The largest absolute Gasteiger partial charge is 0.497 e. The molecule has 156 valence electrons. The number of hydrogen-bond donors (Lipinski definition) is 0. The smallest absolute Gasteiger partial charge is 0.336 e. The van der Waals surface area contributed by atoms with Gasteiger partial charge in [0.05, 0.1) is 7.11 Å². The number of rotatable bonds is 4. The molecule has 1 aliphatic rings. The highest BCUT2D eigenvalue weighted by atomic mass is 16.5. The molecule has 5 nitrogen and oxygen atoms in total. The predicted molar refractivity (Wildman–Crippen MR) is 120 cm³/mol. The van der Waals surface area contributed by atoms with Crippen molar-refractivity contribution < 1.29 is 13.9 Å². The lowest BCUT2D eigenvalue weighted by molar-refractivity contribution is 0.0881. The number of hydrogen-bond acceptors (Lipinski definition) is 5. The second-order valence-electron chi connectivity index (χ2n) is 7.82. The minimum absolute atomic E-state index is 0.355. The van der Waals surface area contributed by atoms with Crippen molar-refractivity contribution in [3.05, 3.63) is 93.8 Å². The number of nitrogens with zero attached hydrogens (tertiary/aromatic N) is 1. The Balaban J connectivity index is 1.53. The molecule has 0 N–H and O–H groups in total. The Morgan fingerprint density at radius 2 is 1.81 bits per heavy atom. The second kappa shape index (κ2) is 7.93. The summed E-state index contributed by atoms with van der Waals surface area (Å²) in [4.78, 5) is 14.5. The van der Waals surface area contributed by atoms with Crippen molar-refractivity contribution in [2.45, 2.75) is 20.0 Å². The summed E-state index contributed by atoms with van der Waals surface area (Å²) >= 11 is 0. The summed E-state index contributed by atoms with van der Waals surface area (Å²) in [6.07, 6.45) is 0. The molecule has 4 aromatic rings. The van der Waals surface area contributed by atoms with E-state index >= 15 is 0 Å². The number of aryl methyl sites for hydroxylation is 1. The van der Waals surface area contributed by atoms with Crippen molar-refractivity contribution in [2.75, 3.05) is 13.8 Å². The molecule has 5 heteroatoms. The fourth-order valence-corrected chi connectivity index (χ4v) is 4.22. The molecule has 0 unspecified atom stereocenters. The SMILES string of the molecule is COc1ccc(CN2COc3c(cc4c(-c5ccccc5)cc(=O)oc4c3C)C2)cc1. The van der Waals surface area contributed by atoms with Crippen molar-refractivity contribution >= 4 is 11.0 Å². The van der Waals surface area contributed by atoms with Crippen molar-refractivity contribution in [1.29, 1.82) is 0 Å². The van der Waals surface area contributed by atoms with Gasteiger partial charge in [-0.15, -0.1) is 0 Å². The van der Waals surface area contributed by atoms with Crippen LogP contribution in [0, 0.1) is 6.92 Å². The molecule has 3 aromatic carbocycles. The molecule has 1 aromatic heterocycles. The highest BCUT2D eigenvalue weighted by Gasteiger charge is 2.23. The van der Waals surface area contributed by atoms with E-state index in [1.807, 2.05) is 49.4 Å². The first-order chi connectivity index (χ1) is 15.1. The topological polar surface area (TPSA) is 51.9 Å². The molecule has 0 spiro atoms. The first-order valence-corrected chi connectivity index (χ1v) is 10.3. The van der Waals surface area contributed by atoms with E-state index in [0.29, 0.717) is 12.3 Å². The predicted octanol–water partition coefficient (Wildman–Crippen LogP) is 5.13. The number of ether oxygens (including phenoxy) is 2. The monoisotopic (exact) mass is 413 g/mol. The van der Waals surface area contributed by atoms with Gasteiger partial charge in [0.2, 0.25) is 0 Å². The van der Waals surface area contributed by atoms with E-state index in [-0.39, 0.29) is 5.63 Å². The van der Waals surface area contributed by atoms with Crippen LogP contribution in [0.2, 0.25) is 0 Å². The molecule has 0 saturated carbocycles. The summed E-state index contributed by atoms with van der Waals surface area (Å²) in [6.45, 7) is 3.97. The van der Waals surface area contributed by atoms with E-state index in [0.717, 1.165) is 52.2 Å². The first kappa shape index (κ1) is 19.4. The Kier molecular flexibility index (Phi) is 4.96. The molecular formula is C26H23NO4. The van der Waals surface area contributed by atoms with Crippen molar-refractivity contribution in [3.63, 3.8) is 0 Å². The average Bonchev–Trinajstić information content (AvgIpc) is 2.80. The number of fused-ring (bicyclic) bond motifs is 2. The quantitative estimate of drug-likeness (QED) is 0.434. The van der Waals surface area contributed by atoms with E-state index < -0.39 is 0 Å². The molecule has 0 radical (unpaired) electrons. The Hall–Kier alpha value is -3.57. The maximum Gasteiger partial charge on any atom is 0.336 e. The van der Waals surface area contributed by atoms with Crippen LogP contribution in [-0.4, -0.2) is 18.7 Å². The van der Waals surface area contributed by atoms with E-state index in [9.17, 15) is 4.79 Å². The minimum atomic E-state index is -0.355. The third-order valence-electron chi connectivity index (χ3n) is 5.73. The molecule has 0 bridgehead atoms. The Morgan fingerprint density at radius 1 is 1.03 bits per heavy atom. The Bertz CT molecular complexity index is 1290. The molecule has 31 heavy (non-hydrogen) atoms. The van der Waals surface area contributed by atoms with E-state index in [1.54, 1.807) is 13.2 Å². The van der Waals surface area contributed by atoms with Gasteiger partial charge in [-0.05, 0) is 41.8 Å². The van der Waals surface area contributed by atoms with Gasteiger partial charge in [-0.25, -0.2) is 4.79 Å². The van der Waals surface area contributed by atoms with Gasteiger partial charge in [0, 0.05) is 35.7 Å². The maximum absolute atomic E-state index is 12.3. The number of benzene rings is 3. The van der Waals surface area contributed by atoms with Gasteiger partial charge in [-0.1, -0.05) is 42.5 Å². The van der Waals surface area contributed by atoms with E-state index in [2.05, 4.69) is 23.1 Å². The molecule has 0 aliphatic carbocycles. The van der Waals surface area contributed by atoms with Crippen LogP contribution in [0.4, 0.5) is 0 Å². The van der Waals surface area contributed by atoms with E-state index in [1.165, 1.54) is 5.56 Å². The molecular weight excluding hydrogens is 390 g/mol. The minimum Gasteiger partial charge on any atom is -0.497 e. The highest BCUT2D eigenvalue weighted by Crippen LogP contribution is 2.38. The van der Waals surface area contributed by atoms with Crippen LogP contribution in [0.25, 0.3) is 22.1 Å². The molecule has 0 amide bonds. The molecule has 0 saturated heterocycles. The molecule has 0 fully saturated rings. The fourth-order valence-electron chi connectivity index (χ4n) is 4.22. The van der Waals surface area contributed by atoms with Gasteiger partial charge in [0.25, 0.3) is 0 Å². The lowest BCUT2D eigenvalue weighted by Gasteiger charge is -2.30. The zero-order chi connectivity index (χ0) is 21.4. The molecule has 0 atom stereocenters. The van der Waals surface area contributed by atoms with Crippen LogP contribution in [0.3, 0.4) is 0 Å². The van der Waals surface area contributed by atoms with Crippen molar-refractivity contribution in [3.8, 4) is 22.6 Å². The summed E-state index contributed by atoms with van der Waals surface area (Å²) < 4.78 is 17.0.